The fraction of sp³-hybridized carbons (Fsp3) is 0.0870. The molecule has 0 amide bonds. The maximum absolute atomic E-state index is 9.50. The summed E-state index contributed by atoms with van der Waals surface area (Å²) in [4.78, 5) is 0. The van der Waals surface area contributed by atoms with Crippen LogP contribution in [0.2, 0.25) is 10.0 Å². The number of ether oxygens (including phenoxy) is 1. The van der Waals surface area contributed by atoms with Gasteiger partial charge in [0, 0.05) is 0 Å². The molecule has 0 radical (unpaired) electrons. The molecule has 0 aliphatic carbocycles. The Kier molecular flexibility index (Phi) is 6.19. The van der Waals surface area contributed by atoms with Gasteiger partial charge in [0.05, 0.1) is 21.7 Å². The zero-order chi connectivity index (χ0) is 19.2. The van der Waals surface area contributed by atoms with Gasteiger partial charge in [0.1, 0.15) is 6.61 Å². The molecule has 3 rings (SSSR count). The lowest BCUT2D eigenvalue weighted by atomic mass is 10.0. The van der Waals surface area contributed by atoms with E-state index in [9.17, 15) is 5.26 Å². The molecule has 3 aromatic rings. The first-order chi connectivity index (χ1) is 13.1. The average molecular weight is 394 g/mol. The van der Waals surface area contributed by atoms with Gasteiger partial charge in [-0.25, -0.2) is 0 Å². The van der Waals surface area contributed by atoms with Crippen LogP contribution < -0.4 is 4.74 Å². The molecular formula is C23H17Cl2NO. The molecule has 0 saturated heterocycles. The van der Waals surface area contributed by atoms with E-state index in [4.69, 9.17) is 27.9 Å². The van der Waals surface area contributed by atoms with Crippen molar-refractivity contribution in [2.24, 2.45) is 0 Å². The van der Waals surface area contributed by atoms with Gasteiger partial charge in [0.2, 0.25) is 0 Å². The summed E-state index contributed by atoms with van der Waals surface area (Å²) in [6.45, 7) is 2.38. The third-order valence-electron chi connectivity index (χ3n) is 4.04. The fourth-order valence-electron chi connectivity index (χ4n) is 2.61. The molecule has 0 unspecified atom stereocenters. The molecule has 0 aliphatic rings. The minimum Gasteiger partial charge on any atom is -0.486 e. The van der Waals surface area contributed by atoms with Crippen LogP contribution in [-0.2, 0) is 6.61 Å². The second kappa shape index (κ2) is 8.77. The van der Waals surface area contributed by atoms with Crippen LogP contribution in [0.25, 0.3) is 11.6 Å². The average Bonchev–Trinajstić information content (AvgIpc) is 2.67. The standard InChI is InChI=1S/C23H17Cl2NO/c1-16-7-9-19(10-8-16)20(14-26)11-18-12-21(24)23(22(25)13-18)27-15-17-5-3-2-4-6-17/h2-13H,15H2,1H3/b20-11-. The minimum atomic E-state index is 0.377. The van der Waals surface area contributed by atoms with E-state index in [1.807, 2.05) is 61.5 Å². The number of hydrogen-bond donors (Lipinski definition) is 0. The highest BCUT2D eigenvalue weighted by atomic mass is 35.5. The normalized spacial score (nSPS) is 11.1. The van der Waals surface area contributed by atoms with Gasteiger partial charge in [0.15, 0.2) is 5.75 Å². The third-order valence-corrected chi connectivity index (χ3v) is 4.60. The van der Waals surface area contributed by atoms with Gasteiger partial charge >= 0.3 is 0 Å². The molecule has 0 atom stereocenters. The first-order valence-electron chi connectivity index (χ1n) is 8.41. The lowest BCUT2D eigenvalue weighted by molar-refractivity contribution is 0.306. The Balaban J connectivity index is 1.85. The van der Waals surface area contributed by atoms with Crippen molar-refractivity contribution in [3.63, 3.8) is 0 Å². The number of hydrogen-bond acceptors (Lipinski definition) is 2. The number of nitrogens with zero attached hydrogens (tertiary/aromatic N) is 1. The van der Waals surface area contributed by atoms with Crippen LogP contribution in [0.1, 0.15) is 22.3 Å². The number of nitriles is 1. The van der Waals surface area contributed by atoms with Crippen LogP contribution in [0.3, 0.4) is 0 Å². The molecule has 27 heavy (non-hydrogen) atoms. The molecule has 3 aromatic carbocycles. The molecule has 0 bridgehead atoms. The van der Waals surface area contributed by atoms with Crippen molar-refractivity contribution in [2.75, 3.05) is 0 Å². The third kappa shape index (κ3) is 4.92. The Morgan fingerprint density at radius 3 is 2.22 bits per heavy atom. The van der Waals surface area contributed by atoms with Crippen molar-refractivity contribution in [3.05, 3.63) is 99.0 Å². The lowest BCUT2D eigenvalue weighted by Gasteiger charge is -2.11. The van der Waals surface area contributed by atoms with Gasteiger partial charge in [-0.05, 0) is 41.8 Å². The summed E-state index contributed by atoms with van der Waals surface area (Å²) in [5.74, 6) is 0.438. The summed E-state index contributed by atoms with van der Waals surface area (Å²) in [6, 6.07) is 23.3. The number of allylic oxidation sites excluding steroid dienone is 1. The van der Waals surface area contributed by atoms with Gasteiger partial charge in [0.25, 0.3) is 0 Å². The zero-order valence-electron chi connectivity index (χ0n) is 14.7. The Bertz CT molecular complexity index is 980. The van der Waals surface area contributed by atoms with Crippen molar-refractivity contribution in [2.45, 2.75) is 13.5 Å². The number of halogens is 2. The highest BCUT2D eigenvalue weighted by Gasteiger charge is 2.10. The van der Waals surface area contributed by atoms with Gasteiger partial charge in [-0.1, -0.05) is 83.4 Å². The smallest absolute Gasteiger partial charge is 0.157 e. The zero-order valence-corrected chi connectivity index (χ0v) is 16.3. The van der Waals surface area contributed by atoms with E-state index in [0.717, 1.165) is 22.3 Å². The first kappa shape index (κ1) is 19.0. The topological polar surface area (TPSA) is 33.0 Å². The van der Waals surface area contributed by atoms with E-state index < -0.39 is 0 Å². The largest absolute Gasteiger partial charge is 0.486 e. The number of aryl methyl sites for hydroxylation is 1. The predicted octanol–water partition coefficient (Wildman–Crippen LogP) is 6.95. The van der Waals surface area contributed by atoms with Crippen molar-refractivity contribution in [1.29, 1.82) is 5.26 Å². The molecule has 4 heteroatoms. The van der Waals surface area contributed by atoms with Crippen LogP contribution >= 0.6 is 23.2 Å². The van der Waals surface area contributed by atoms with E-state index >= 15 is 0 Å². The Morgan fingerprint density at radius 1 is 1.00 bits per heavy atom. The lowest BCUT2D eigenvalue weighted by Crippen LogP contribution is -1.96. The van der Waals surface area contributed by atoms with Crippen molar-refractivity contribution < 1.29 is 4.74 Å². The Morgan fingerprint density at radius 2 is 1.63 bits per heavy atom. The van der Waals surface area contributed by atoms with E-state index in [1.54, 1.807) is 18.2 Å². The molecule has 0 fully saturated rings. The highest BCUT2D eigenvalue weighted by molar-refractivity contribution is 6.37. The van der Waals surface area contributed by atoms with E-state index in [2.05, 4.69) is 6.07 Å². The maximum Gasteiger partial charge on any atom is 0.157 e. The number of rotatable bonds is 5. The molecule has 0 N–H and O–H groups in total. The summed E-state index contributed by atoms with van der Waals surface area (Å²) >= 11 is 12.7. The molecule has 0 aromatic heterocycles. The molecule has 0 heterocycles. The maximum atomic E-state index is 9.50. The van der Waals surface area contributed by atoms with Crippen LogP contribution in [0.4, 0.5) is 0 Å². The summed E-state index contributed by atoms with van der Waals surface area (Å²) in [7, 11) is 0. The van der Waals surface area contributed by atoms with Crippen molar-refractivity contribution in [1.82, 2.24) is 0 Å². The fourth-order valence-corrected chi connectivity index (χ4v) is 3.22. The predicted molar refractivity (Wildman–Crippen MR) is 112 cm³/mol. The molecule has 134 valence electrons. The van der Waals surface area contributed by atoms with Gasteiger partial charge < -0.3 is 4.74 Å². The van der Waals surface area contributed by atoms with Crippen LogP contribution in [0.15, 0.2) is 66.7 Å². The molecular weight excluding hydrogens is 377 g/mol. The SMILES string of the molecule is Cc1ccc(/C(C#N)=C\c2cc(Cl)c(OCc3ccccc3)c(Cl)c2)cc1. The Labute approximate surface area is 169 Å². The molecule has 0 saturated carbocycles. The summed E-state index contributed by atoms with van der Waals surface area (Å²) in [5, 5.41) is 10.3. The summed E-state index contributed by atoms with van der Waals surface area (Å²) in [6.07, 6.45) is 1.77. The second-order valence-electron chi connectivity index (χ2n) is 6.12. The van der Waals surface area contributed by atoms with Gasteiger partial charge in [-0.3, -0.25) is 0 Å². The first-order valence-corrected chi connectivity index (χ1v) is 9.17. The van der Waals surface area contributed by atoms with Gasteiger partial charge in [-0.2, -0.15) is 5.26 Å². The highest BCUT2D eigenvalue weighted by Crippen LogP contribution is 2.36. The summed E-state index contributed by atoms with van der Waals surface area (Å²) < 4.78 is 5.79. The number of benzene rings is 3. The minimum absolute atomic E-state index is 0.377. The monoisotopic (exact) mass is 393 g/mol. The van der Waals surface area contributed by atoms with Crippen molar-refractivity contribution in [3.8, 4) is 11.8 Å². The van der Waals surface area contributed by atoms with Crippen LogP contribution in [0.5, 0.6) is 5.75 Å². The summed E-state index contributed by atoms with van der Waals surface area (Å²) in [5.41, 5.74) is 4.30. The second-order valence-corrected chi connectivity index (χ2v) is 6.94. The van der Waals surface area contributed by atoms with E-state index in [1.165, 1.54) is 0 Å². The van der Waals surface area contributed by atoms with Crippen LogP contribution in [-0.4, -0.2) is 0 Å². The molecule has 0 spiro atoms. The van der Waals surface area contributed by atoms with Gasteiger partial charge in [-0.15, -0.1) is 0 Å². The molecule has 0 aliphatic heterocycles. The quantitative estimate of drug-likeness (QED) is 0.347. The van der Waals surface area contributed by atoms with Crippen molar-refractivity contribution >= 4 is 34.9 Å². The Hall–Kier alpha value is -2.73. The molecule has 2 nitrogen and oxygen atoms in total. The van der Waals surface area contributed by atoms with E-state index in [0.29, 0.717) is 28.0 Å². The van der Waals surface area contributed by atoms with E-state index in [-0.39, 0.29) is 0 Å². The van der Waals surface area contributed by atoms with Crippen LogP contribution in [0, 0.1) is 18.3 Å².